The molecule has 0 aliphatic carbocycles. The lowest BCUT2D eigenvalue weighted by Crippen LogP contribution is -1.94. The lowest BCUT2D eigenvalue weighted by atomic mass is 10.0. The topological polar surface area (TPSA) is 25.8 Å². The third-order valence-electron chi connectivity index (χ3n) is 1.84. The number of nitrogens with zero attached hydrogens (tertiary/aromatic N) is 2. The zero-order chi connectivity index (χ0) is 9.84. The maximum absolute atomic E-state index is 4.14. The highest BCUT2D eigenvalue weighted by Gasteiger charge is 2.02. The Morgan fingerprint density at radius 1 is 1.38 bits per heavy atom. The summed E-state index contributed by atoms with van der Waals surface area (Å²) >= 11 is 0. The van der Waals surface area contributed by atoms with E-state index in [-0.39, 0.29) is 0 Å². The molecule has 0 saturated heterocycles. The Balaban J connectivity index is 2.72. The van der Waals surface area contributed by atoms with Gasteiger partial charge in [-0.05, 0) is 24.8 Å². The second-order valence-electron chi connectivity index (χ2n) is 3.72. The zero-order valence-electron chi connectivity index (χ0n) is 8.54. The quantitative estimate of drug-likeness (QED) is 0.707. The van der Waals surface area contributed by atoms with Crippen LogP contribution in [0.25, 0.3) is 5.57 Å². The molecule has 0 aliphatic heterocycles. The summed E-state index contributed by atoms with van der Waals surface area (Å²) in [6, 6.07) is 0. The second-order valence-corrected chi connectivity index (χ2v) is 3.72. The summed E-state index contributed by atoms with van der Waals surface area (Å²) in [6.07, 6.45) is 4.69. The Labute approximate surface area is 79.7 Å². The molecular weight excluding hydrogens is 160 g/mol. The first kappa shape index (κ1) is 9.90. The third kappa shape index (κ3) is 2.98. The fraction of sp³-hybridized carbons (Fsp3) is 0.455. The van der Waals surface area contributed by atoms with Crippen LogP contribution in [0.3, 0.4) is 0 Å². The van der Waals surface area contributed by atoms with Crippen LogP contribution in [-0.2, 0) is 0 Å². The van der Waals surface area contributed by atoms with E-state index in [0.29, 0.717) is 5.92 Å². The average molecular weight is 176 g/mol. The van der Waals surface area contributed by atoms with Crippen LogP contribution in [0.4, 0.5) is 0 Å². The lowest BCUT2D eigenvalue weighted by Gasteiger charge is -2.07. The Hall–Kier alpha value is -1.18. The first-order valence-corrected chi connectivity index (χ1v) is 4.56. The second kappa shape index (κ2) is 4.17. The van der Waals surface area contributed by atoms with Crippen molar-refractivity contribution in [3.63, 3.8) is 0 Å². The van der Waals surface area contributed by atoms with E-state index >= 15 is 0 Å². The first-order valence-electron chi connectivity index (χ1n) is 4.56. The molecule has 0 N–H and O–H groups in total. The van der Waals surface area contributed by atoms with Crippen LogP contribution in [0.2, 0.25) is 0 Å². The Bertz CT molecular complexity index is 285. The highest BCUT2D eigenvalue weighted by atomic mass is 14.8. The van der Waals surface area contributed by atoms with Crippen molar-refractivity contribution in [3.8, 4) is 0 Å². The summed E-state index contributed by atoms with van der Waals surface area (Å²) in [5.41, 5.74) is 2.18. The number of rotatable bonds is 3. The van der Waals surface area contributed by atoms with Gasteiger partial charge in [0.05, 0.1) is 0 Å². The lowest BCUT2D eigenvalue weighted by molar-refractivity contribution is 0.673. The highest BCUT2D eigenvalue weighted by Crippen LogP contribution is 2.18. The van der Waals surface area contributed by atoms with Crippen molar-refractivity contribution >= 4 is 5.57 Å². The highest BCUT2D eigenvalue weighted by molar-refractivity contribution is 5.61. The van der Waals surface area contributed by atoms with Gasteiger partial charge in [-0.3, -0.25) is 0 Å². The monoisotopic (exact) mass is 176 g/mol. The van der Waals surface area contributed by atoms with Crippen LogP contribution >= 0.6 is 0 Å². The van der Waals surface area contributed by atoms with Crippen LogP contribution in [-0.4, -0.2) is 9.97 Å². The summed E-state index contributed by atoms with van der Waals surface area (Å²) < 4.78 is 0. The van der Waals surface area contributed by atoms with Crippen molar-refractivity contribution in [1.82, 2.24) is 9.97 Å². The smallest absolute Gasteiger partial charge is 0.125 e. The number of aryl methyl sites for hydroxylation is 1. The van der Waals surface area contributed by atoms with Gasteiger partial charge < -0.3 is 0 Å². The summed E-state index contributed by atoms with van der Waals surface area (Å²) in [4.78, 5) is 8.27. The van der Waals surface area contributed by atoms with Gasteiger partial charge >= 0.3 is 0 Å². The van der Waals surface area contributed by atoms with E-state index in [1.807, 2.05) is 19.3 Å². The predicted octanol–water partition coefficient (Wildman–Crippen LogP) is 2.84. The van der Waals surface area contributed by atoms with E-state index in [9.17, 15) is 0 Å². The molecule has 1 aromatic rings. The van der Waals surface area contributed by atoms with Crippen LogP contribution in [0.1, 0.15) is 31.7 Å². The molecule has 1 heterocycles. The average Bonchev–Trinajstić information content (AvgIpc) is 2.04. The maximum Gasteiger partial charge on any atom is 0.125 e. The van der Waals surface area contributed by atoms with Crippen molar-refractivity contribution in [3.05, 3.63) is 30.4 Å². The minimum absolute atomic E-state index is 0.633. The van der Waals surface area contributed by atoms with Crippen LogP contribution in [0.5, 0.6) is 0 Å². The van der Waals surface area contributed by atoms with Gasteiger partial charge in [0, 0.05) is 18.0 Å². The number of hydrogen-bond donors (Lipinski definition) is 0. The number of aromatic nitrogens is 2. The van der Waals surface area contributed by atoms with E-state index in [2.05, 4.69) is 30.4 Å². The van der Waals surface area contributed by atoms with Crippen molar-refractivity contribution in [2.24, 2.45) is 5.92 Å². The Kier molecular flexibility index (Phi) is 3.18. The maximum atomic E-state index is 4.14. The van der Waals surface area contributed by atoms with Crippen molar-refractivity contribution in [1.29, 1.82) is 0 Å². The third-order valence-corrected chi connectivity index (χ3v) is 1.84. The van der Waals surface area contributed by atoms with Gasteiger partial charge in [-0.2, -0.15) is 0 Å². The van der Waals surface area contributed by atoms with Gasteiger partial charge in [0.1, 0.15) is 5.82 Å². The van der Waals surface area contributed by atoms with Gasteiger partial charge in [0.15, 0.2) is 0 Å². The molecule has 70 valence electrons. The number of allylic oxidation sites excluding steroid dienone is 1. The number of hydrogen-bond acceptors (Lipinski definition) is 2. The van der Waals surface area contributed by atoms with E-state index in [0.717, 1.165) is 23.4 Å². The molecule has 0 aromatic carbocycles. The summed E-state index contributed by atoms with van der Waals surface area (Å²) in [5.74, 6) is 1.44. The van der Waals surface area contributed by atoms with Crippen LogP contribution in [0.15, 0.2) is 19.0 Å². The standard InChI is InChI=1S/C11H16N2/c1-8(2)5-9(3)11-6-12-10(4)13-7-11/h6-8H,3,5H2,1-2,4H3. The predicted molar refractivity (Wildman–Crippen MR) is 55.3 cm³/mol. The molecule has 1 rings (SSSR count). The fourth-order valence-corrected chi connectivity index (χ4v) is 1.19. The van der Waals surface area contributed by atoms with Gasteiger partial charge in [0.25, 0.3) is 0 Å². The SMILES string of the molecule is C=C(CC(C)C)c1cnc(C)nc1. The molecule has 0 bridgehead atoms. The molecule has 0 saturated carbocycles. The van der Waals surface area contributed by atoms with E-state index in [4.69, 9.17) is 0 Å². The minimum Gasteiger partial charge on any atom is -0.241 e. The minimum atomic E-state index is 0.633. The van der Waals surface area contributed by atoms with Crippen molar-refractivity contribution < 1.29 is 0 Å². The fourth-order valence-electron chi connectivity index (χ4n) is 1.19. The van der Waals surface area contributed by atoms with Gasteiger partial charge in [-0.1, -0.05) is 20.4 Å². The molecule has 0 atom stereocenters. The molecule has 0 aliphatic rings. The molecule has 1 aromatic heterocycles. The van der Waals surface area contributed by atoms with Crippen molar-refractivity contribution in [2.75, 3.05) is 0 Å². The normalized spacial score (nSPS) is 10.5. The van der Waals surface area contributed by atoms with Crippen LogP contribution in [0, 0.1) is 12.8 Å². The molecule has 0 fully saturated rings. The first-order chi connectivity index (χ1) is 6.09. The van der Waals surface area contributed by atoms with E-state index in [1.165, 1.54) is 0 Å². The van der Waals surface area contributed by atoms with Crippen LogP contribution < -0.4 is 0 Å². The molecule has 0 spiro atoms. The zero-order valence-corrected chi connectivity index (χ0v) is 8.54. The molecule has 2 nitrogen and oxygen atoms in total. The largest absolute Gasteiger partial charge is 0.241 e. The van der Waals surface area contributed by atoms with Gasteiger partial charge in [-0.15, -0.1) is 0 Å². The summed E-state index contributed by atoms with van der Waals surface area (Å²) in [7, 11) is 0. The Morgan fingerprint density at radius 2 is 1.92 bits per heavy atom. The van der Waals surface area contributed by atoms with Gasteiger partial charge in [0.2, 0.25) is 0 Å². The van der Waals surface area contributed by atoms with Gasteiger partial charge in [-0.25, -0.2) is 9.97 Å². The molecule has 0 radical (unpaired) electrons. The molecule has 0 unspecified atom stereocenters. The molecule has 0 amide bonds. The summed E-state index contributed by atoms with van der Waals surface area (Å²) in [6.45, 7) is 10.3. The molecule has 13 heavy (non-hydrogen) atoms. The van der Waals surface area contributed by atoms with Crippen molar-refractivity contribution in [2.45, 2.75) is 27.2 Å². The van der Waals surface area contributed by atoms with E-state index < -0.39 is 0 Å². The summed E-state index contributed by atoms with van der Waals surface area (Å²) in [5, 5.41) is 0. The van der Waals surface area contributed by atoms with E-state index in [1.54, 1.807) is 0 Å². The molecule has 2 heteroatoms. The molecular formula is C11H16N2. The Morgan fingerprint density at radius 3 is 2.38 bits per heavy atom.